The number of aromatic amines is 2. The number of H-pyrrole nitrogens is 2. The maximum absolute atomic E-state index is 12.2. The van der Waals surface area contributed by atoms with Gasteiger partial charge in [0.05, 0.1) is 68.1 Å². The van der Waals surface area contributed by atoms with Crippen LogP contribution in [0.2, 0.25) is 0 Å². The molecule has 0 amide bonds. The van der Waals surface area contributed by atoms with Crippen LogP contribution in [-0.4, -0.2) is 70.3 Å². The molecule has 6 heterocycles. The first-order valence-corrected chi connectivity index (χ1v) is 44.3. The number of rotatable bonds is 32. The van der Waals surface area contributed by atoms with E-state index in [1.807, 2.05) is 65.7 Å². The number of halogens is 1. The lowest BCUT2D eigenvalue weighted by Crippen LogP contribution is -2.19. The average molecular weight is 1860 g/mol. The Hall–Kier alpha value is -13.8. The first-order chi connectivity index (χ1) is 61.9. The van der Waals surface area contributed by atoms with Gasteiger partial charge in [0, 0.05) is 92.3 Å². The molecule has 0 atom stereocenters. The van der Waals surface area contributed by atoms with Gasteiger partial charge >= 0.3 is 35.8 Å². The Labute approximate surface area is 774 Å². The minimum atomic E-state index is -0.577. The van der Waals surface area contributed by atoms with Crippen molar-refractivity contribution in [2.45, 2.75) is 205 Å². The summed E-state index contributed by atoms with van der Waals surface area (Å²) >= 11 is 3.38. The van der Waals surface area contributed by atoms with Gasteiger partial charge in [-0.15, -0.1) is 0 Å². The number of carbonyl (C=O) groups excluding carboxylic acids is 6. The molecule has 0 aliphatic rings. The molecule has 0 aliphatic heterocycles. The Balaban J connectivity index is 0.000000399. The molecule has 0 fully saturated rings. The third-order valence-corrected chi connectivity index (χ3v) is 20.1. The molecule has 0 unspecified atom stereocenters. The minimum Gasteiger partial charge on any atom is -0.465 e. The molecule has 0 bridgehead atoms. The zero-order chi connectivity index (χ0) is 93.0. The van der Waals surface area contributed by atoms with Crippen molar-refractivity contribution in [3.63, 3.8) is 0 Å². The van der Waals surface area contributed by atoms with E-state index < -0.39 is 35.8 Å². The molecule has 0 saturated carbocycles. The zero-order valence-electron chi connectivity index (χ0n) is 75.8. The Morgan fingerprint density at radius 3 is 0.840 bits per heavy atom. The van der Waals surface area contributed by atoms with Gasteiger partial charge in [-0.2, -0.15) is 0 Å². The highest BCUT2D eigenvalue weighted by Crippen LogP contribution is 2.22. The van der Waals surface area contributed by atoms with Gasteiger partial charge in [-0.05, 0) is 140 Å². The molecule has 0 saturated heterocycles. The van der Waals surface area contributed by atoms with Crippen LogP contribution >= 0.6 is 15.9 Å². The van der Waals surface area contributed by atoms with Gasteiger partial charge < -0.3 is 68.1 Å². The molecule has 7 N–H and O–H groups in total. The second-order valence-corrected chi connectivity index (χ2v) is 30.1. The van der Waals surface area contributed by atoms with Gasteiger partial charge in [-0.1, -0.05) is 244 Å². The summed E-state index contributed by atoms with van der Waals surface area (Å²) in [6, 6.07) is 59.9. The number of hydrogen-bond acceptors (Lipinski definition) is 20. The van der Waals surface area contributed by atoms with E-state index in [2.05, 4.69) is 53.6 Å². The lowest BCUT2D eigenvalue weighted by Gasteiger charge is -2.14. The summed E-state index contributed by atoms with van der Waals surface area (Å²) in [5.74, 6) is -2.46. The quantitative estimate of drug-likeness (QED) is 0.0200. The van der Waals surface area contributed by atoms with Crippen LogP contribution in [0.4, 0.5) is 0 Å². The summed E-state index contributed by atoms with van der Waals surface area (Å²) in [6.45, 7) is 21.8. The van der Waals surface area contributed by atoms with E-state index >= 15 is 0 Å². The fourth-order valence-corrected chi connectivity index (χ4v) is 12.7. The van der Waals surface area contributed by atoms with Crippen molar-refractivity contribution < 1.29 is 67.1 Å². The largest absolute Gasteiger partial charge is 0.465 e. The van der Waals surface area contributed by atoms with Crippen LogP contribution < -0.4 is 67.1 Å². The van der Waals surface area contributed by atoms with E-state index in [1.165, 1.54) is 118 Å². The lowest BCUT2D eigenvalue weighted by atomic mass is 10.2. The van der Waals surface area contributed by atoms with Gasteiger partial charge in [0.15, 0.2) is 28.7 Å². The normalized spacial score (nSPS) is 10.0. The number of aryl methyl sites for hydroxylation is 6. The Bertz CT molecular complexity index is 5410. The van der Waals surface area contributed by atoms with Gasteiger partial charge in [0.2, 0.25) is 38.3 Å². The third kappa shape index (κ3) is 38.2. The van der Waals surface area contributed by atoms with E-state index in [1.54, 1.807) is 196 Å². The summed E-state index contributed by atoms with van der Waals surface area (Å²) in [4.78, 5) is 148. The van der Waals surface area contributed by atoms with Crippen molar-refractivity contribution in [2.24, 2.45) is 0 Å². The van der Waals surface area contributed by atoms with Gasteiger partial charge in [-0.25, -0.2) is 28.8 Å². The monoisotopic (exact) mass is 1860 g/mol. The van der Waals surface area contributed by atoms with Crippen molar-refractivity contribution in [3.05, 3.63) is 385 Å². The Morgan fingerprint density at radius 2 is 0.565 bits per heavy atom. The van der Waals surface area contributed by atoms with E-state index in [9.17, 15) is 57.5 Å². The zero-order valence-corrected chi connectivity index (χ0v) is 77.4. The molecule has 698 valence electrons. The number of ether oxygens (including phenoxy) is 6. The van der Waals surface area contributed by atoms with Crippen LogP contribution in [-0.2, 0) is 26.1 Å². The van der Waals surface area contributed by atoms with Crippen LogP contribution in [0.15, 0.2) is 289 Å². The number of benzene rings is 6. The van der Waals surface area contributed by atoms with Gasteiger partial charge in [0.1, 0.15) is 5.76 Å². The molecule has 0 radical (unpaired) electrons. The first kappa shape index (κ1) is 111. The molecule has 0 aliphatic carbocycles. The van der Waals surface area contributed by atoms with E-state index in [0.29, 0.717) is 68.3 Å². The topological polar surface area (TPSA) is 386 Å². The lowest BCUT2D eigenvalue weighted by molar-refractivity contribution is 0.0718. The summed E-state index contributed by atoms with van der Waals surface area (Å²) < 4.78 is 42.3. The minimum absolute atomic E-state index is 0. The van der Waals surface area contributed by atoms with Crippen LogP contribution in [0.3, 0.4) is 0 Å². The molecule has 26 nitrogen and oxygen atoms in total. The number of nitrogens with zero attached hydrogens (tertiary/aromatic N) is 3. The number of nitrogens with one attached hydrogen (secondary N) is 2. The number of pyridine rings is 5. The molecular weight excluding hydrogens is 1730 g/mol. The molecule has 12 aromatic rings. The Morgan fingerprint density at radius 1 is 0.313 bits per heavy atom. The maximum atomic E-state index is 12.2. The molecule has 6 aromatic heterocycles. The first-order valence-electron chi connectivity index (χ1n) is 43.2. The third-order valence-electron chi connectivity index (χ3n) is 19.6. The van der Waals surface area contributed by atoms with Crippen LogP contribution in [0.1, 0.15) is 241 Å². The Kier molecular flexibility index (Phi) is 53.1. The molecule has 27 heteroatoms. The number of aromatic nitrogens is 5. The van der Waals surface area contributed by atoms with Crippen LogP contribution in [0, 0.1) is 34.6 Å². The number of alkyl halides is 1. The molecule has 12 rings (SSSR count). The second-order valence-electron chi connectivity index (χ2n) is 29.3. The molecular formula is C104H125BrN6O20. The highest BCUT2D eigenvalue weighted by molar-refractivity contribution is 9.09. The van der Waals surface area contributed by atoms with Gasteiger partial charge in [0.25, 0.3) is 0 Å². The van der Waals surface area contributed by atoms with Crippen molar-refractivity contribution in [1.29, 1.82) is 0 Å². The van der Waals surface area contributed by atoms with Crippen molar-refractivity contribution in [1.82, 2.24) is 29.8 Å². The summed E-state index contributed by atoms with van der Waals surface area (Å²) in [6.07, 6.45) is 29.4. The fourth-order valence-electron chi connectivity index (χ4n) is 12.3. The van der Waals surface area contributed by atoms with Crippen LogP contribution in [0.25, 0.3) is 0 Å². The summed E-state index contributed by atoms with van der Waals surface area (Å²) in [5.41, 5.74) is 3.96. The van der Waals surface area contributed by atoms with Crippen LogP contribution in [0.5, 0.6) is 34.5 Å². The van der Waals surface area contributed by atoms with E-state index in [4.69, 9.17) is 32.8 Å². The number of carbonyl (C=O) groups is 6. The fraction of sp³-hybridized carbons (Fsp3) is 0.308. The van der Waals surface area contributed by atoms with E-state index in [0.717, 1.165) is 58.2 Å². The molecule has 131 heavy (non-hydrogen) atoms. The summed E-state index contributed by atoms with van der Waals surface area (Å²) in [7, 11) is 0. The standard InChI is InChI=1S/3C19H23NO3.C14H13NO3.C13H11NO3.C13H10O4.C6H13Br.CH4.H3N.H2O/c3*1-3-4-5-9-13-20-14-12-17(21)18(15(20)2)23-19(22)16-10-7-6-8-11-16;1-2-11-13(12(16)8-9-15-11)18-14(17)10-6-4-3-5-7-10;1-9-12(11(15)7-8-14-9)17-13(16)10-5-3-2-4-6-10;1-9-12(11(14)7-8-16-9)17-13(15)10-5-3-2-4-6-10;1-2-3-4-5-6-7;;;/h3*6-8,10-12,14H,3-5,9,13H2,1-2H3;3-9H,2H2,1H3,(H,15,16);2-8H,1H3,(H,14,15);2-8H,1H3;2-6H2,1H3;1H4;1H3;1H2. The van der Waals surface area contributed by atoms with E-state index in [-0.39, 0.29) is 91.9 Å². The highest BCUT2D eigenvalue weighted by atomic mass is 79.9. The summed E-state index contributed by atoms with van der Waals surface area (Å²) in [5, 5.41) is 1.17. The molecule has 6 aromatic carbocycles. The predicted octanol–water partition coefficient (Wildman–Crippen LogP) is 21.0. The smallest absolute Gasteiger partial charge is 0.343 e. The second kappa shape index (κ2) is 62.4. The van der Waals surface area contributed by atoms with Crippen molar-refractivity contribution in [3.8, 4) is 34.5 Å². The average Bonchev–Trinajstić information content (AvgIpc) is 0.837. The van der Waals surface area contributed by atoms with Crippen molar-refractivity contribution in [2.75, 3.05) is 5.33 Å². The molecule has 0 spiro atoms. The number of unbranched alkanes of at least 4 members (excludes halogenated alkanes) is 12. The number of hydrogen-bond donors (Lipinski definition) is 3. The highest BCUT2D eigenvalue weighted by Gasteiger charge is 2.21. The SMILES string of the molecule is C.CCCCCCBr.CCCCCCn1ccc(=O)c(OC(=O)c2ccccc2)c1C.CCCCCCn1ccc(=O)c(OC(=O)c2ccccc2)c1C.CCCCCCn1ccc(=O)c(OC(=O)c2ccccc2)c1C.CCc1[nH]ccc(=O)c1OC(=O)c1ccccc1.Cc1[nH]ccc(=O)c1OC(=O)c1ccccc1.Cc1occc(=O)c1OC(=O)c1ccccc1.N.O. The predicted molar refractivity (Wildman–Crippen MR) is 518 cm³/mol. The van der Waals surface area contributed by atoms with Gasteiger partial charge in [-0.3, -0.25) is 28.8 Å². The maximum Gasteiger partial charge on any atom is 0.343 e. The number of esters is 6. The van der Waals surface area contributed by atoms with Crippen molar-refractivity contribution >= 4 is 51.7 Å².